The van der Waals surface area contributed by atoms with Gasteiger partial charge in [0.1, 0.15) is 10.2 Å². The molecular formula is C19H22BrN5O2. The molecule has 0 bridgehead atoms. The van der Waals surface area contributed by atoms with Crippen molar-refractivity contribution in [1.82, 2.24) is 19.3 Å². The number of fused-ring (bicyclic) bond motifs is 3. The number of aromatic nitrogens is 3. The second kappa shape index (κ2) is 6.67. The van der Waals surface area contributed by atoms with E-state index < -0.39 is 5.60 Å². The topological polar surface area (TPSA) is 63.0 Å². The first-order valence-electron chi connectivity index (χ1n) is 8.98. The van der Waals surface area contributed by atoms with E-state index in [-0.39, 0.29) is 6.09 Å². The van der Waals surface area contributed by atoms with Crippen molar-refractivity contribution in [2.45, 2.75) is 26.4 Å². The largest absolute Gasteiger partial charge is 0.444 e. The molecule has 7 nitrogen and oxygen atoms in total. The summed E-state index contributed by atoms with van der Waals surface area (Å²) in [5, 5.41) is 0. The standard InChI is InChI=1S/C19H22BrN5O2/c1-19(2,3)27-18(26)24-10-8-23(9-11-24)17-16-21-12-15(20)25(16)14-7-5-4-6-13(14)22-17/h4-7,12H,8-11H2,1-3H3. The highest BCUT2D eigenvalue weighted by Crippen LogP contribution is 2.28. The molecule has 0 spiro atoms. The molecule has 0 atom stereocenters. The number of halogens is 1. The molecule has 1 aliphatic heterocycles. The number of rotatable bonds is 1. The Balaban J connectivity index is 1.61. The van der Waals surface area contributed by atoms with Crippen LogP contribution >= 0.6 is 15.9 Å². The van der Waals surface area contributed by atoms with E-state index in [0.717, 1.165) is 27.1 Å². The van der Waals surface area contributed by atoms with E-state index in [4.69, 9.17) is 9.72 Å². The lowest BCUT2D eigenvalue weighted by Gasteiger charge is -2.36. The first kappa shape index (κ1) is 18.0. The van der Waals surface area contributed by atoms with E-state index in [1.807, 2.05) is 45.0 Å². The van der Waals surface area contributed by atoms with Crippen LogP contribution < -0.4 is 4.90 Å². The van der Waals surface area contributed by atoms with Gasteiger partial charge in [-0.15, -0.1) is 0 Å². The van der Waals surface area contributed by atoms with Crippen LogP contribution in [0.3, 0.4) is 0 Å². The van der Waals surface area contributed by atoms with Crippen molar-refractivity contribution in [3.05, 3.63) is 35.1 Å². The number of ether oxygens (including phenoxy) is 1. The quantitative estimate of drug-likeness (QED) is 0.587. The van der Waals surface area contributed by atoms with Crippen LogP contribution in [0.15, 0.2) is 35.1 Å². The molecule has 2 aromatic heterocycles. The van der Waals surface area contributed by atoms with Crippen LogP contribution in [0.5, 0.6) is 0 Å². The summed E-state index contributed by atoms with van der Waals surface area (Å²) in [6.45, 7) is 8.21. The normalized spacial score (nSPS) is 15.6. The van der Waals surface area contributed by atoms with Crippen molar-refractivity contribution in [2.75, 3.05) is 31.1 Å². The van der Waals surface area contributed by atoms with Crippen molar-refractivity contribution in [3.8, 4) is 0 Å². The molecule has 0 unspecified atom stereocenters. The van der Waals surface area contributed by atoms with Gasteiger partial charge in [0.25, 0.3) is 0 Å². The van der Waals surface area contributed by atoms with Crippen molar-refractivity contribution in [1.29, 1.82) is 0 Å². The van der Waals surface area contributed by atoms with Crippen LogP contribution in [-0.4, -0.2) is 57.1 Å². The summed E-state index contributed by atoms with van der Waals surface area (Å²) in [5.41, 5.74) is 2.25. The van der Waals surface area contributed by atoms with Gasteiger partial charge >= 0.3 is 6.09 Å². The Hall–Kier alpha value is -2.35. The summed E-state index contributed by atoms with van der Waals surface area (Å²) in [5.74, 6) is 0.836. The van der Waals surface area contributed by atoms with Gasteiger partial charge < -0.3 is 14.5 Å². The second-order valence-electron chi connectivity index (χ2n) is 7.62. The zero-order valence-corrected chi connectivity index (χ0v) is 17.2. The lowest BCUT2D eigenvalue weighted by atomic mass is 10.2. The Labute approximate surface area is 166 Å². The maximum Gasteiger partial charge on any atom is 0.410 e. The summed E-state index contributed by atoms with van der Waals surface area (Å²) < 4.78 is 8.44. The fraction of sp³-hybridized carbons (Fsp3) is 0.421. The zero-order chi connectivity index (χ0) is 19.2. The van der Waals surface area contributed by atoms with Gasteiger partial charge in [0.05, 0.1) is 17.2 Å². The lowest BCUT2D eigenvalue weighted by molar-refractivity contribution is 0.0240. The number of hydrogen-bond acceptors (Lipinski definition) is 5. The number of benzene rings is 1. The molecule has 1 fully saturated rings. The Bertz CT molecular complexity index is 1000. The molecular weight excluding hydrogens is 410 g/mol. The summed E-state index contributed by atoms with van der Waals surface area (Å²) in [7, 11) is 0. The predicted molar refractivity (Wildman–Crippen MR) is 108 cm³/mol. The van der Waals surface area contributed by atoms with Gasteiger partial charge in [-0.3, -0.25) is 4.40 Å². The Morgan fingerprint density at radius 3 is 2.56 bits per heavy atom. The number of amides is 1. The molecule has 1 saturated heterocycles. The van der Waals surface area contributed by atoms with Crippen LogP contribution in [0, 0.1) is 0 Å². The number of carbonyl (C=O) groups excluding carboxylic acids is 1. The minimum Gasteiger partial charge on any atom is -0.444 e. The van der Waals surface area contributed by atoms with Crippen LogP contribution in [0.2, 0.25) is 0 Å². The predicted octanol–water partition coefficient (Wildman–Crippen LogP) is 3.70. The smallest absolute Gasteiger partial charge is 0.410 e. The van der Waals surface area contributed by atoms with E-state index in [1.54, 1.807) is 11.1 Å². The lowest BCUT2D eigenvalue weighted by Crippen LogP contribution is -2.50. The molecule has 3 heterocycles. The minimum absolute atomic E-state index is 0.262. The van der Waals surface area contributed by atoms with Crippen LogP contribution in [0.25, 0.3) is 16.7 Å². The molecule has 0 saturated carbocycles. The van der Waals surface area contributed by atoms with Crippen molar-refractivity contribution >= 4 is 44.5 Å². The van der Waals surface area contributed by atoms with E-state index in [9.17, 15) is 4.79 Å². The van der Waals surface area contributed by atoms with Gasteiger partial charge in [-0.05, 0) is 48.8 Å². The zero-order valence-electron chi connectivity index (χ0n) is 15.6. The molecule has 1 amide bonds. The Kier molecular flexibility index (Phi) is 4.46. The first-order valence-corrected chi connectivity index (χ1v) is 9.77. The van der Waals surface area contributed by atoms with Crippen molar-refractivity contribution in [2.24, 2.45) is 0 Å². The first-order chi connectivity index (χ1) is 12.8. The summed E-state index contributed by atoms with van der Waals surface area (Å²) in [6.07, 6.45) is 1.53. The Morgan fingerprint density at radius 2 is 1.85 bits per heavy atom. The summed E-state index contributed by atoms with van der Waals surface area (Å²) >= 11 is 3.59. The van der Waals surface area contributed by atoms with Crippen LogP contribution in [0.4, 0.5) is 10.6 Å². The van der Waals surface area contributed by atoms with Gasteiger partial charge in [0.15, 0.2) is 11.5 Å². The number of hydrogen-bond donors (Lipinski definition) is 0. The SMILES string of the molecule is CC(C)(C)OC(=O)N1CCN(c2nc3ccccc3n3c(Br)cnc23)CC1. The Morgan fingerprint density at radius 1 is 1.15 bits per heavy atom. The molecule has 3 aromatic rings. The average Bonchev–Trinajstić information content (AvgIpc) is 3.02. The molecule has 1 aliphatic rings. The van der Waals surface area contributed by atoms with Gasteiger partial charge in [-0.25, -0.2) is 14.8 Å². The number of carbonyl (C=O) groups is 1. The van der Waals surface area contributed by atoms with E-state index >= 15 is 0 Å². The molecule has 1 aromatic carbocycles. The van der Waals surface area contributed by atoms with Gasteiger partial charge in [0, 0.05) is 26.2 Å². The summed E-state index contributed by atoms with van der Waals surface area (Å²) in [6, 6.07) is 8.01. The number of piperazine rings is 1. The number of nitrogens with zero attached hydrogens (tertiary/aromatic N) is 5. The molecule has 0 radical (unpaired) electrons. The number of imidazole rings is 1. The van der Waals surface area contributed by atoms with Gasteiger partial charge in [0.2, 0.25) is 0 Å². The fourth-order valence-electron chi connectivity index (χ4n) is 3.27. The molecule has 142 valence electrons. The maximum atomic E-state index is 12.3. The van der Waals surface area contributed by atoms with Crippen LogP contribution in [0.1, 0.15) is 20.8 Å². The summed E-state index contributed by atoms with van der Waals surface area (Å²) in [4.78, 5) is 25.6. The molecule has 8 heteroatoms. The van der Waals surface area contributed by atoms with E-state index in [1.165, 1.54) is 0 Å². The molecule has 0 aliphatic carbocycles. The van der Waals surface area contributed by atoms with Crippen molar-refractivity contribution < 1.29 is 9.53 Å². The maximum absolute atomic E-state index is 12.3. The average molecular weight is 432 g/mol. The monoisotopic (exact) mass is 431 g/mol. The van der Waals surface area contributed by atoms with Crippen LogP contribution in [-0.2, 0) is 4.74 Å². The third-order valence-corrected chi connectivity index (χ3v) is 5.06. The number of anilines is 1. The third kappa shape index (κ3) is 3.45. The van der Waals surface area contributed by atoms with E-state index in [0.29, 0.717) is 26.2 Å². The van der Waals surface area contributed by atoms with Gasteiger partial charge in [-0.2, -0.15) is 0 Å². The van der Waals surface area contributed by atoms with Gasteiger partial charge in [-0.1, -0.05) is 12.1 Å². The minimum atomic E-state index is -0.484. The third-order valence-electron chi connectivity index (χ3n) is 4.50. The van der Waals surface area contributed by atoms with Crippen molar-refractivity contribution in [3.63, 3.8) is 0 Å². The molecule has 27 heavy (non-hydrogen) atoms. The highest BCUT2D eigenvalue weighted by atomic mass is 79.9. The van der Waals surface area contributed by atoms with E-state index in [2.05, 4.69) is 30.2 Å². The number of para-hydroxylation sites is 2. The highest BCUT2D eigenvalue weighted by Gasteiger charge is 2.27. The fourth-order valence-corrected chi connectivity index (χ4v) is 3.73. The second-order valence-corrected chi connectivity index (χ2v) is 8.43. The highest BCUT2D eigenvalue weighted by molar-refractivity contribution is 9.10. The molecule has 0 N–H and O–H groups in total. The molecule has 4 rings (SSSR count).